The molecule has 98 valence electrons. The number of halogens is 1. The standard InChI is InChI=1S/C15H14ClNO2/c16-12-4-1-3-11(9-12)15(6-7-15)17-14(18)10-13-5-2-8-19-13/h1-5,8-9H,6-7,10H2,(H,17,18). The molecular formula is C15H14ClNO2. The van der Waals surface area contributed by atoms with Crippen LogP contribution in [0.2, 0.25) is 5.02 Å². The van der Waals surface area contributed by atoms with Gasteiger partial charge >= 0.3 is 0 Å². The maximum Gasteiger partial charge on any atom is 0.228 e. The molecule has 1 saturated carbocycles. The van der Waals surface area contributed by atoms with Crippen molar-refractivity contribution >= 4 is 17.5 Å². The van der Waals surface area contributed by atoms with E-state index >= 15 is 0 Å². The van der Waals surface area contributed by atoms with E-state index in [9.17, 15) is 4.79 Å². The van der Waals surface area contributed by atoms with Crippen LogP contribution in [0.3, 0.4) is 0 Å². The summed E-state index contributed by atoms with van der Waals surface area (Å²) in [4.78, 5) is 12.0. The lowest BCUT2D eigenvalue weighted by Crippen LogP contribution is -2.35. The predicted octanol–water partition coefficient (Wildman–Crippen LogP) is 3.28. The van der Waals surface area contributed by atoms with Gasteiger partial charge in [-0.25, -0.2) is 0 Å². The Kier molecular flexibility index (Phi) is 3.07. The Morgan fingerprint density at radius 2 is 2.16 bits per heavy atom. The van der Waals surface area contributed by atoms with Crippen molar-refractivity contribution in [1.29, 1.82) is 0 Å². The average Bonchev–Trinajstić information content (AvgIpc) is 2.97. The molecule has 0 bridgehead atoms. The third kappa shape index (κ3) is 2.66. The lowest BCUT2D eigenvalue weighted by atomic mass is 10.0. The molecule has 0 saturated heterocycles. The second-order valence-electron chi connectivity index (χ2n) is 4.90. The van der Waals surface area contributed by atoms with Crippen molar-refractivity contribution in [3.8, 4) is 0 Å². The van der Waals surface area contributed by atoms with Gasteiger partial charge in [-0.2, -0.15) is 0 Å². The van der Waals surface area contributed by atoms with E-state index in [0.717, 1.165) is 18.4 Å². The van der Waals surface area contributed by atoms with Crippen LogP contribution in [0, 0.1) is 0 Å². The first-order valence-corrected chi connectivity index (χ1v) is 6.65. The van der Waals surface area contributed by atoms with E-state index in [1.807, 2.05) is 24.3 Å². The fourth-order valence-corrected chi connectivity index (χ4v) is 2.47. The molecule has 3 rings (SSSR count). The van der Waals surface area contributed by atoms with Gasteiger partial charge in [0.05, 0.1) is 18.2 Å². The molecule has 0 atom stereocenters. The Balaban J connectivity index is 1.70. The number of carbonyl (C=O) groups is 1. The summed E-state index contributed by atoms with van der Waals surface area (Å²) in [6.45, 7) is 0. The molecule has 1 aliphatic rings. The van der Waals surface area contributed by atoms with Crippen molar-refractivity contribution in [3.63, 3.8) is 0 Å². The molecular weight excluding hydrogens is 262 g/mol. The van der Waals surface area contributed by atoms with E-state index in [1.165, 1.54) is 0 Å². The second-order valence-corrected chi connectivity index (χ2v) is 5.33. The van der Waals surface area contributed by atoms with E-state index in [2.05, 4.69) is 5.32 Å². The van der Waals surface area contributed by atoms with Gasteiger partial charge in [-0.1, -0.05) is 23.7 Å². The molecule has 1 aliphatic carbocycles. The summed E-state index contributed by atoms with van der Waals surface area (Å²) >= 11 is 6.00. The number of amides is 1. The summed E-state index contributed by atoms with van der Waals surface area (Å²) in [5.41, 5.74) is 0.849. The lowest BCUT2D eigenvalue weighted by molar-refractivity contribution is -0.121. The molecule has 3 nitrogen and oxygen atoms in total. The molecule has 1 aromatic carbocycles. The Morgan fingerprint density at radius 3 is 2.79 bits per heavy atom. The third-order valence-corrected chi connectivity index (χ3v) is 3.66. The minimum absolute atomic E-state index is 0.0209. The van der Waals surface area contributed by atoms with Crippen molar-refractivity contribution in [2.24, 2.45) is 0 Å². The summed E-state index contributed by atoms with van der Waals surface area (Å²) in [6.07, 6.45) is 3.76. The Bertz CT molecular complexity index is 588. The fourth-order valence-electron chi connectivity index (χ4n) is 2.28. The average molecular weight is 276 g/mol. The SMILES string of the molecule is O=C(Cc1ccco1)NC1(c2cccc(Cl)c2)CC1. The van der Waals surface area contributed by atoms with Crippen LogP contribution in [0.5, 0.6) is 0 Å². The van der Waals surface area contributed by atoms with Gasteiger partial charge in [-0.3, -0.25) is 4.79 Å². The molecule has 1 aromatic heterocycles. The highest BCUT2D eigenvalue weighted by atomic mass is 35.5. The monoisotopic (exact) mass is 275 g/mol. The van der Waals surface area contributed by atoms with E-state index < -0.39 is 0 Å². The summed E-state index contributed by atoms with van der Waals surface area (Å²) in [6, 6.07) is 11.3. The number of carbonyl (C=O) groups excluding carboxylic acids is 1. The summed E-state index contributed by atoms with van der Waals surface area (Å²) in [5.74, 6) is 0.659. The topological polar surface area (TPSA) is 42.2 Å². The van der Waals surface area contributed by atoms with Gasteiger partial charge in [0, 0.05) is 5.02 Å². The fraction of sp³-hybridized carbons (Fsp3) is 0.267. The minimum Gasteiger partial charge on any atom is -0.469 e. The molecule has 1 amide bonds. The van der Waals surface area contributed by atoms with Crippen molar-refractivity contribution < 1.29 is 9.21 Å². The maximum atomic E-state index is 12.0. The van der Waals surface area contributed by atoms with Crippen LogP contribution in [-0.2, 0) is 16.8 Å². The van der Waals surface area contributed by atoms with Gasteiger partial charge in [0.15, 0.2) is 0 Å². The third-order valence-electron chi connectivity index (χ3n) is 3.42. The molecule has 0 spiro atoms. The van der Waals surface area contributed by atoms with Crippen LogP contribution in [0.1, 0.15) is 24.2 Å². The molecule has 19 heavy (non-hydrogen) atoms. The van der Waals surface area contributed by atoms with Crippen molar-refractivity contribution in [2.45, 2.75) is 24.8 Å². The van der Waals surface area contributed by atoms with E-state index in [1.54, 1.807) is 18.4 Å². The largest absolute Gasteiger partial charge is 0.469 e. The summed E-state index contributed by atoms with van der Waals surface area (Å²) in [7, 11) is 0. The first-order valence-electron chi connectivity index (χ1n) is 6.27. The highest BCUT2D eigenvalue weighted by Gasteiger charge is 2.45. The van der Waals surface area contributed by atoms with Crippen molar-refractivity contribution in [1.82, 2.24) is 5.32 Å². The zero-order valence-corrected chi connectivity index (χ0v) is 11.1. The van der Waals surface area contributed by atoms with E-state index in [4.69, 9.17) is 16.0 Å². The van der Waals surface area contributed by atoms with Gasteiger partial charge in [-0.05, 0) is 42.7 Å². The zero-order chi connectivity index (χ0) is 13.3. The molecule has 1 heterocycles. The molecule has 4 heteroatoms. The van der Waals surface area contributed by atoms with Crippen LogP contribution in [0.4, 0.5) is 0 Å². The zero-order valence-electron chi connectivity index (χ0n) is 10.4. The molecule has 1 N–H and O–H groups in total. The maximum absolute atomic E-state index is 12.0. The van der Waals surface area contributed by atoms with Crippen LogP contribution < -0.4 is 5.32 Å². The number of rotatable bonds is 4. The number of hydrogen-bond donors (Lipinski definition) is 1. The first kappa shape index (κ1) is 12.3. The van der Waals surface area contributed by atoms with Crippen LogP contribution in [-0.4, -0.2) is 5.91 Å². The lowest BCUT2D eigenvalue weighted by Gasteiger charge is -2.18. The molecule has 1 fully saturated rings. The molecule has 0 unspecified atom stereocenters. The quantitative estimate of drug-likeness (QED) is 0.930. The summed E-state index contributed by atoms with van der Waals surface area (Å²) in [5, 5.41) is 3.79. The van der Waals surface area contributed by atoms with Crippen LogP contribution >= 0.6 is 11.6 Å². The van der Waals surface area contributed by atoms with Gasteiger partial charge in [0.1, 0.15) is 5.76 Å². The molecule has 0 aliphatic heterocycles. The van der Waals surface area contributed by atoms with Gasteiger partial charge in [0.25, 0.3) is 0 Å². The predicted molar refractivity (Wildman–Crippen MR) is 72.9 cm³/mol. The van der Waals surface area contributed by atoms with Gasteiger partial charge in [-0.15, -0.1) is 0 Å². The van der Waals surface area contributed by atoms with E-state index in [0.29, 0.717) is 10.8 Å². The van der Waals surface area contributed by atoms with Crippen LogP contribution in [0.25, 0.3) is 0 Å². The Labute approximate surface area is 116 Å². The Hall–Kier alpha value is -1.74. The highest BCUT2D eigenvalue weighted by Crippen LogP contribution is 2.46. The van der Waals surface area contributed by atoms with E-state index in [-0.39, 0.29) is 17.9 Å². The van der Waals surface area contributed by atoms with Gasteiger partial charge < -0.3 is 9.73 Å². The number of nitrogens with one attached hydrogen (secondary N) is 1. The smallest absolute Gasteiger partial charge is 0.228 e. The van der Waals surface area contributed by atoms with Gasteiger partial charge in [0.2, 0.25) is 5.91 Å². The highest BCUT2D eigenvalue weighted by molar-refractivity contribution is 6.30. The number of benzene rings is 1. The molecule has 2 aromatic rings. The Morgan fingerprint density at radius 1 is 1.32 bits per heavy atom. The van der Waals surface area contributed by atoms with Crippen molar-refractivity contribution in [2.75, 3.05) is 0 Å². The first-order chi connectivity index (χ1) is 9.18. The molecule has 0 radical (unpaired) electrons. The second kappa shape index (κ2) is 4.74. The van der Waals surface area contributed by atoms with Crippen LogP contribution in [0.15, 0.2) is 47.1 Å². The number of hydrogen-bond acceptors (Lipinski definition) is 2. The minimum atomic E-state index is -0.228. The number of furan rings is 1. The summed E-state index contributed by atoms with van der Waals surface area (Å²) < 4.78 is 5.18. The van der Waals surface area contributed by atoms with Crippen molar-refractivity contribution in [3.05, 3.63) is 59.0 Å². The normalized spacial score (nSPS) is 16.1.